The van der Waals surface area contributed by atoms with Gasteiger partial charge in [-0.2, -0.15) is 0 Å². The molecule has 1 heterocycles. The fraction of sp³-hybridized carbons (Fsp3) is 0.455. The van der Waals surface area contributed by atoms with Gasteiger partial charge in [0.15, 0.2) is 0 Å². The second-order valence-electron chi connectivity index (χ2n) is 3.81. The molecular formula is C11H16NO2PS2. The molecule has 94 valence electrons. The SMILES string of the molecule is COc1ccc(P(=S)(S)N2CCOCC2)cc1. The summed E-state index contributed by atoms with van der Waals surface area (Å²) in [5.41, 5.74) is 0. The Morgan fingerprint density at radius 1 is 1.29 bits per heavy atom. The topological polar surface area (TPSA) is 21.7 Å². The lowest BCUT2D eigenvalue weighted by Crippen LogP contribution is -2.35. The summed E-state index contributed by atoms with van der Waals surface area (Å²) >= 11 is 10.5. The van der Waals surface area contributed by atoms with Crippen LogP contribution in [0.4, 0.5) is 0 Å². The van der Waals surface area contributed by atoms with Crippen LogP contribution in [-0.2, 0) is 16.5 Å². The zero-order valence-electron chi connectivity index (χ0n) is 9.70. The molecule has 1 saturated heterocycles. The third-order valence-electron chi connectivity index (χ3n) is 2.78. The van der Waals surface area contributed by atoms with Gasteiger partial charge in [-0.3, -0.25) is 4.67 Å². The van der Waals surface area contributed by atoms with E-state index in [4.69, 9.17) is 33.5 Å². The van der Waals surface area contributed by atoms with Gasteiger partial charge in [0, 0.05) is 18.4 Å². The van der Waals surface area contributed by atoms with Crippen molar-refractivity contribution in [3.05, 3.63) is 24.3 Å². The Morgan fingerprint density at radius 3 is 2.41 bits per heavy atom. The quantitative estimate of drug-likeness (QED) is 0.677. The molecule has 0 bridgehead atoms. The van der Waals surface area contributed by atoms with Crippen molar-refractivity contribution < 1.29 is 9.47 Å². The highest BCUT2D eigenvalue weighted by Gasteiger charge is 2.25. The Hall–Kier alpha value is -0.0600. The van der Waals surface area contributed by atoms with Gasteiger partial charge in [-0.15, -0.1) is 12.2 Å². The number of hydrogen-bond acceptors (Lipinski definition) is 3. The second-order valence-corrected chi connectivity index (χ2v) is 10.1. The molecule has 1 unspecified atom stereocenters. The maximum absolute atomic E-state index is 5.71. The van der Waals surface area contributed by atoms with Gasteiger partial charge in [0.05, 0.1) is 25.7 Å². The monoisotopic (exact) mass is 289 g/mol. The molecule has 0 aromatic heterocycles. The summed E-state index contributed by atoms with van der Waals surface area (Å²) < 4.78 is 12.8. The molecule has 2 rings (SSSR count). The van der Waals surface area contributed by atoms with Crippen LogP contribution in [0.3, 0.4) is 0 Å². The Balaban J connectivity index is 2.20. The number of thiol groups is 1. The molecule has 0 amide bonds. The Labute approximate surface area is 112 Å². The number of morpholine rings is 1. The van der Waals surface area contributed by atoms with E-state index in [-0.39, 0.29) is 0 Å². The van der Waals surface area contributed by atoms with E-state index in [2.05, 4.69) is 4.67 Å². The lowest BCUT2D eigenvalue weighted by molar-refractivity contribution is 0.0758. The number of nitrogens with zero attached hydrogens (tertiary/aromatic N) is 1. The molecule has 1 fully saturated rings. The van der Waals surface area contributed by atoms with Crippen molar-refractivity contribution in [3.63, 3.8) is 0 Å². The summed E-state index contributed by atoms with van der Waals surface area (Å²) in [5, 5.41) is -0.815. The van der Waals surface area contributed by atoms with E-state index in [9.17, 15) is 0 Å². The first-order valence-corrected chi connectivity index (χ1v) is 9.36. The minimum absolute atomic E-state index is 0.745. The molecule has 1 aliphatic heterocycles. The standard InChI is InChI=1S/C11H16NO2PS2/c1-13-10-2-4-11(5-3-10)15(16,17)12-6-8-14-9-7-12/h2-5H,6-9H2,1H3,(H,16,17). The van der Waals surface area contributed by atoms with Gasteiger partial charge in [-0.05, 0) is 24.3 Å². The fourth-order valence-corrected chi connectivity index (χ4v) is 5.13. The van der Waals surface area contributed by atoms with Crippen LogP contribution in [0.1, 0.15) is 0 Å². The lowest BCUT2D eigenvalue weighted by Gasteiger charge is -2.34. The van der Waals surface area contributed by atoms with E-state index < -0.39 is 5.39 Å². The molecular weight excluding hydrogens is 273 g/mol. The average molecular weight is 289 g/mol. The van der Waals surface area contributed by atoms with Crippen LogP contribution in [0.25, 0.3) is 0 Å². The average Bonchev–Trinajstić information content (AvgIpc) is 2.40. The lowest BCUT2D eigenvalue weighted by atomic mass is 10.3. The summed E-state index contributed by atoms with van der Waals surface area (Å²) in [5.74, 6) is 0.846. The normalized spacial score (nSPS) is 20.8. The molecule has 1 atom stereocenters. The highest BCUT2D eigenvalue weighted by atomic mass is 32.9. The van der Waals surface area contributed by atoms with Gasteiger partial charge in [0.2, 0.25) is 0 Å². The second kappa shape index (κ2) is 5.72. The van der Waals surface area contributed by atoms with Crippen LogP contribution in [0, 0.1) is 0 Å². The summed E-state index contributed by atoms with van der Waals surface area (Å²) in [4.78, 5) is 0. The third-order valence-corrected chi connectivity index (χ3v) is 7.69. The smallest absolute Gasteiger partial charge is 0.118 e. The first-order valence-electron chi connectivity index (χ1n) is 5.45. The third kappa shape index (κ3) is 3.04. The van der Waals surface area contributed by atoms with E-state index in [0.717, 1.165) is 37.4 Å². The van der Waals surface area contributed by atoms with Gasteiger partial charge < -0.3 is 9.47 Å². The molecule has 1 aromatic rings. The predicted octanol–water partition coefficient (Wildman–Crippen LogP) is 1.89. The van der Waals surface area contributed by atoms with Crippen LogP contribution in [0.2, 0.25) is 0 Å². The summed E-state index contributed by atoms with van der Waals surface area (Å²) in [7, 11) is 1.66. The van der Waals surface area contributed by atoms with Crippen LogP contribution in [0.15, 0.2) is 24.3 Å². The first kappa shape index (κ1) is 13.4. The number of ether oxygens (including phenoxy) is 2. The molecule has 1 aromatic carbocycles. The Bertz CT molecular complexity index is 418. The van der Waals surface area contributed by atoms with Crippen molar-refractivity contribution in [2.24, 2.45) is 0 Å². The molecule has 17 heavy (non-hydrogen) atoms. The summed E-state index contributed by atoms with van der Waals surface area (Å²) in [6.07, 6.45) is 0. The number of benzene rings is 1. The molecule has 1 aliphatic rings. The van der Waals surface area contributed by atoms with Crippen LogP contribution >= 0.6 is 17.6 Å². The number of hydrogen-bond donors (Lipinski definition) is 1. The Kier molecular flexibility index (Phi) is 4.50. The molecule has 3 nitrogen and oxygen atoms in total. The van der Waals surface area contributed by atoms with Gasteiger partial charge in [0.25, 0.3) is 0 Å². The van der Waals surface area contributed by atoms with Crippen LogP contribution < -0.4 is 10.0 Å². The van der Waals surface area contributed by atoms with Crippen LogP contribution in [-0.4, -0.2) is 38.1 Å². The molecule has 0 radical (unpaired) electrons. The van der Waals surface area contributed by atoms with Crippen molar-refractivity contribution in [2.45, 2.75) is 0 Å². The largest absolute Gasteiger partial charge is 0.497 e. The highest BCUT2D eigenvalue weighted by Crippen LogP contribution is 2.53. The predicted molar refractivity (Wildman–Crippen MR) is 78.3 cm³/mol. The number of rotatable bonds is 3. The Morgan fingerprint density at radius 2 is 1.88 bits per heavy atom. The first-order chi connectivity index (χ1) is 8.14. The van der Waals surface area contributed by atoms with E-state index in [1.54, 1.807) is 7.11 Å². The molecule has 0 spiro atoms. The zero-order valence-corrected chi connectivity index (χ0v) is 12.3. The minimum Gasteiger partial charge on any atom is -0.497 e. The van der Waals surface area contributed by atoms with Gasteiger partial charge in [-0.1, -0.05) is 11.8 Å². The van der Waals surface area contributed by atoms with Gasteiger partial charge in [0.1, 0.15) is 5.75 Å². The fourth-order valence-electron chi connectivity index (χ4n) is 1.76. The minimum atomic E-state index is -1.93. The highest BCUT2D eigenvalue weighted by molar-refractivity contribution is 8.65. The van der Waals surface area contributed by atoms with Crippen molar-refractivity contribution in [2.75, 3.05) is 33.4 Å². The maximum Gasteiger partial charge on any atom is 0.118 e. The van der Waals surface area contributed by atoms with Crippen LogP contribution in [0.5, 0.6) is 5.75 Å². The summed E-state index contributed by atoms with van der Waals surface area (Å²) in [6, 6.07) is 7.91. The molecule has 0 aliphatic carbocycles. The van der Waals surface area contributed by atoms with E-state index in [1.807, 2.05) is 24.3 Å². The summed E-state index contributed by atoms with van der Waals surface area (Å²) in [6.45, 7) is 3.23. The zero-order chi connectivity index (χ0) is 12.3. The van der Waals surface area contributed by atoms with Crippen molar-refractivity contribution in [1.29, 1.82) is 0 Å². The number of methoxy groups -OCH3 is 1. The van der Waals surface area contributed by atoms with E-state index >= 15 is 0 Å². The van der Waals surface area contributed by atoms with Gasteiger partial charge in [-0.25, -0.2) is 0 Å². The van der Waals surface area contributed by atoms with E-state index in [1.165, 1.54) is 0 Å². The van der Waals surface area contributed by atoms with Crippen molar-refractivity contribution >= 4 is 34.8 Å². The molecule has 0 saturated carbocycles. The molecule has 0 N–H and O–H groups in total. The van der Waals surface area contributed by atoms with Crippen molar-refractivity contribution in [1.82, 2.24) is 4.67 Å². The maximum atomic E-state index is 5.71. The van der Waals surface area contributed by atoms with Crippen molar-refractivity contribution in [3.8, 4) is 5.75 Å². The van der Waals surface area contributed by atoms with Gasteiger partial charge >= 0.3 is 0 Å². The van der Waals surface area contributed by atoms with E-state index in [0.29, 0.717) is 0 Å². The molecule has 6 heteroatoms.